The summed E-state index contributed by atoms with van der Waals surface area (Å²) in [6.07, 6.45) is -0.0992. The summed E-state index contributed by atoms with van der Waals surface area (Å²) < 4.78 is 5.15. The van der Waals surface area contributed by atoms with Crippen LogP contribution in [0.15, 0.2) is 18.2 Å². The third-order valence-corrected chi connectivity index (χ3v) is 2.32. The van der Waals surface area contributed by atoms with Crippen LogP contribution in [-0.2, 0) is 11.2 Å². The number of nitro benzene ring substituents is 1. The van der Waals surface area contributed by atoms with Gasteiger partial charge in [0.1, 0.15) is 11.8 Å². The Bertz CT molecular complexity index is 461. The number of aliphatic carboxylic acids is 1. The predicted molar refractivity (Wildman–Crippen MR) is 63.6 cm³/mol. The van der Waals surface area contributed by atoms with Gasteiger partial charge in [-0.25, -0.2) is 0 Å². The quantitative estimate of drug-likeness (QED) is 0.576. The van der Waals surface area contributed by atoms with Gasteiger partial charge < -0.3 is 15.6 Å². The van der Waals surface area contributed by atoms with Crippen molar-refractivity contribution in [3.05, 3.63) is 33.9 Å². The van der Waals surface area contributed by atoms with Gasteiger partial charge in [-0.15, -0.1) is 0 Å². The summed E-state index contributed by atoms with van der Waals surface area (Å²) >= 11 is 0. The molecule has 0 saturated carbocycles. The molecule has 1 aromatic rings. The fourth-order valence-corrected chi connectivity index (χ4v) is 1.47. The van der Waals surface area contributed by atoms with E-state index >= 15 is 0 Å². The minimum atomic E-state index is -1.20. The van der Waals surface area contributed by atoms with E-state index in [1.807, 2.05) is 0 Å². The Labute approximate surface area is 103 Å². The van der Waals surface area contributed by atoms with Crippen LogP contribution in [0.3, 0.4) is 0 Å². The molecular weight excluding hydrogens is 240 g/mol. The molecule has 0 aliphatic carbocycles. The molecule has 0 amide bonds. The third-order valence-electron chi connectivity index (χ3n) is 2.32. The van der Waals surface area contributed by atoms with Crippen LogP contribution in [0.4, 0.5) is 5.69 Å². The number of rotatable bonds is 6. The summed E-state index contributed by atoms with van der Waals surface area (Å²) in [5, 5.41) is 19.6. The van der Waals surface area contributed by atoms with E-state index in [1.165, 1.54) is 12.1 Å². The van der Waals surface area contributed by atoms with Crippen molar-refractivity contribution >= 4 is 11.7 Å². The highest BCUT2D eigenvalue weighted by atomic mass is 16.6. The van der Waals surface area contributed by atoms with Crippen LogP contribution in [0, 0.1) is 10.1 Å². The fraction of sp³-hybridized carbons (Fsp3) is 0.364. The molecule has 0 bridgehead atoms. The Kier molecular flexibility index (Phi) is 4.61. The van der Waals surface area contributed by atoms with Gasteiger partial charge in [-0.1, -0.05) is 0 Å². The Hall–Kier alpha value is -2.15. The first-order valence-corrected chi connectivity index (χ1v) is 5.34. The van der Waals surface area contributed by atoms with Crippen LogP contribution in [0.2, 0.25) is 0 Å². The lowest BCUT2D eigenvalue weighted by Gasteiger charge is -2.09. The van der Waals surface area contributed by atoms with Gasteiger partial charge in [0.05, 0.1) is 17.6 Å². The molecule has 0 aliphatic heterocycles. The summed E-state index contributed by atoms with van der Waals surface area (Å²) in [5.74, 6) is -0.824. The molecule has 18 heavy (non-hydrogen) atoms. The average molecular weight is 254 g/mol. The minimum Gasteiger partial charge on any atom is -0.494 e. The number of carbonyl (C=O) groups is 1. The first-order chi connectivity index (χ1) is 8.45. The number of benzene rings is 1. The highest BCUT2D eigenvalue weighted by Gasteiger charge is 2.20. The van der Waals surface area contributed by atoms with Crippen molar-refractivity contribution in [2.45, 2.75) is 19.4 Å². The maximum absolute atomic E-state index is 10.9. The van der Waals surface area contributed by atoms with Crippen LogP contribution >= 0.6 is 0 Å². The topological polar surface area (TPSA) is 116 Å². The standard InChI is InChI=1S/C11H14N2O5/c1-2-18-8-4-3-7(5-9(12)11(14)15)10(6-8)13(16)17/h3-4,6,9H,2,5,12H2,1H3,(H,14,15)/t9-/m0/s1. The van der Waals surface area contributed by atoms with Crippen molar-refractivity contribution in [1.82, 2.24) is 0 Å². The summed E-state index contributed by atoms with van der Waals surface area (Å²) in [6.45, 7) is 2.16. The number of carboxylic acids is 1. The molecule has 3 N–H and O–H groups in total. The molecule has 0 unspecified atom stereocenters. The van der Waals surface area contributed by atoms with Gasteiger partial charge in [-0.2, -0.15) is 0 Å². The molecule has 98 valence electrons. The normalized spacial score (nSPS) is 11.9. The number of nitrogens with zero attached hydrogens (tertiary/aromatic N) is 1. The molecule has 7 heteroatoms. The summed E-state index contributed by atoms with van der Waals surface area (Å²) in [6, 6.07) is 3.13. The highest BCUT2D eigenvalue weighted by Crippen LogP contribution is 2.25. The first-order valence-electron chi connectivity index (χ1n) is 5.34. The maximum atomic E-state index is 10.9. The van der Waals surface area contributed by atoms with E-state index < -0.39 is 16.9 Å². The van der Waals surface area contributed by atoms with E-state index in [1.54, 1.807) is 13.0 Å². The second kappa shape index (κ2) is 5.97. The Morgan fingerprint density at radius 2 is 2.28 bits per heavy atom. The second-order valence-corrected chi connectivity index (χ2v) is 3.63. The molecule has 0 aliphatic rings. The highest BCUT2D eigenvalue weighted by molar-refractivity contribution is 5.73. The Morgan fingerprint density at radius 1 is 1.61 bits per heavy atom. The Morgan fingerprint density at radius 3 is 2.78 bits per heavy atom. The molecule has 0 aromatic heterocycles. The number of hydrogen-bond donors (Lipinski definition) is 2. The van der Waals surface area contributed by atoms with Crippen LogP contribution in [0.25, 0.3) is 0 Å². The zero-order valence-electron chi connectivity index (χ0n) is 9.83. The van der Waals surface area contributed by atoms with Gasteiger partial charge in [0.15, 0.2) is 0 Å². The van der Waals surface area contributed by atoms with E-state index in [2.05, 4.69) is 0 Å². The van der Waals surface area contributed by atoms with Gasteiger partial charge >= 0.3 is 5.97 Å². The van der Waals surface area contributed by atoms with Crippen molar-refractivity contribution in [3.63, 3.8) is 0 Å². The van der Waals surface area contributed by atoms with Gasteiger partial charge in [0.25, 0.3) is 5.69 Å². The van der Waals surface area contributed by atoms with Crippen molar-refractivity contribution < 1.29 is 19.6 Å². The van der Waals surface area contributed by atoms with Crippen molar-refractivity contribution in [2.75, 3.05) is 6.61 Å². The summed E-state index contributed by atoms with van der Waals surface area (Å²) in [5.41, 5.74) is 5.45. The van der Waals surface area contributed by atoms with Gasteiger partial charge in [0, 0.05) is 12.0 Å². The molecular formula is C11H14N2O5. The fourth-order valence-electron chi connectivity index (χ4n) is 1.47. The molecule has 7 nitrogen and oxygen atoms in total. The largest absolute Gasteiger partial charge is 0.494 e. The maximum Gasteiger partial charge on any atom is 0.320 e. The first kappa shape index (κ1) is 13.9. The van der Waals surface area contributed by atoms with E-state index in [4.69, 9.17) is 15.6 Å². The van der Waals surface area contributed by atoms with Crippen LogP contribution in [-0.4, -0.2) is 28.6 Å². The molecule has 0 fully saturated rings. The lowest BCUT2D eigenvalue weighted by atomic mass is 10.0. The SMILES string of the molecule is CCOc1ccc(C[C@H](N)C(=O)O)c([N+](=O)[O-])c1. The monoisotopic (exact) mass is 254 g/mol. The van der Waals surface area contributed by atoms with E-state index in [0.29, 0.717) is 12.4 Å². The summed E-state index contributed by atoms with van der Waals surface area (Å²) in [7, 11) is 0. The van der Waals surface area contributed by atoms with Crippen molar-refractivity contribution in [1.29, 1.82) is 0 Å². The number of hydrogen-bond acceptors (Lipinski definition) is 5. The summed E-state index contributed by atoms with van der Waals surface area (Å²) in [4.78, 5) is 20.9. The average Bonchev–Trinajstić information content (AvgIpc) is 2.30. The molecule has 1 rings (SSSR count). The minimum absolute atomic E-state index is 0.0992. The number of ether oxygens (including phenoxy) is 1. The smallest absolute Gasteiger partial charge is 0.320 e. The number of nitrogens with two attached hydrogens (primary N) is 1. The lowest BCUT2D eigenvalue weighted by Crippen LogP contribution is -2.32. The Balaban J connectivity index is 3.03. The van der Waals surface area contributed by atoms with Crippen molar-refractivity contribution in [2.24, 2.45) is 5.73 Å². The lowest BCUT2D eigenvalue weighted by molar-refractivity contribution is -0.385. The van der Waals surface area contributed by atoms with Crippen LogP contribution < -0.4 is 10.5 Å². The molecule has 1 atom stereocenters. The van der Waals surface area contributed by atoms with Gasteiger partial charge in [0.2, 0.25) is 0 Å². The van der Waals surface area contributed by atoms with Crippen LogP contribution in [0.1, 0.15) is 12.5 Å². The van der Waals surface area contributed by atoms with E-state index in [9.17, 15) is 14.9 Å². The molecule has 0 heterocycles. The number of carboxylic acid groups (broad SMARTS) is 1. The number of nitro groups is 1. The van der Waals surface area contributed by atoms with Crippen LogP contribution in [0.5, 0.6) is 5.75 Å². The van der Waals surface area contributed by atoms with Gasteiger partial charge in [-0.05, 0) is 19.1 Å². The zero-order valence-corrected chi connectivity index (χ0v) is 9.83. The third kappa shape index (κ3) is 3.42. The van der Waals surface area contributed by atoms with Crippen molar-refractivity contribution in [3.8, 4) is 5.75 Å². The van der Waals surface area contributed by atoms with E-state index in [-0.39, 0.29) is 17.7 Å². The van der Waals surface area contributed by atoms with E-state index in [0.717, 1.165) is 0 Å². The molecule has 0 spiro atoms. The molecule has 0 saturated heterocycles. The van der Waals surface area contributed by atoms with Gasteiger partial charge in [-0.3, -0.25) is 14.9 Å². The molecule has 0 radical (unpaired) electrons. The molecule has 1 aromatic carbocycles. The second-order valence-electron chi connectivity index (χ2n) is 3.63. The zero-order chi connectivity index (χ0) is 13.7. The predicted octanol–water partition coefficient (Wildman–Crippen LogP) is 0.948.